The number of thiazole rings is 1. The number of aromatic nitrogens is 3. The van der Waals surface area contributed by atoms with E-state index in [1.54, 1.807) is 36.0 Å². The van der Waals surface area contributed by atoms with Crippen LogP contribution < -0.4 is 5.32 Å². The van der Waals surface area contributed by atoms with E-state index in [4.69, 9.17) is 0 Å². The minimum Gasteiger partial charge on any atom is -0.307 e. The van der Waals surface area contributed by atoms with Gasteiger partial charge in [0.15, 0.2) is 0 Å². The number of rotatable bonds is 4. The molecule has 7 heteroatoms. The van der Waals surface area contributed by atoms with E-state index in [0.717, 1.165) is 46.5 Å². The van der Waals surface area contributed by atoms with Gasteiger partial charge in [-0.05, 0) is 48.7 Å². The van der Waals surface area contributed by atoms with Gasteiger partial charge in [-0.1, -0.05) is 18.2 Å². The van der Waals surface area contributed by atoms with Crippen molar-refractivity contribution in [3.63, 3.8) is 0 Å². The third-order valence-corrected chi connectivity index (χ3v) is 6.23. The average molecular weight is 428 g/mol. The Morgan fingerprint density at radius 2 is 2.00 bits per heavy atom. The summed E-state index contributed by atoms with van der Waals surface area (Å²) in [4.78, 5) is 28.4. The molecule has 4 aromatic rings. The molecule has 1 aliphatic heterocycles. The number of carbonyl (C=O) groups excluding carboxylic acids is 1. The van der Waals surface area contributed by atoms with Crippen LogP contribution in [-0.2, 0) is 0 Å². The number of fused-ring (bicyclic) bond motifs is 1. The summed E-state index contributed by atoms with van der Waals surface area (Å²) in [6.07, 6.45) is 8.38. The monoisotopic (exact) mass is 427 g/mol. The van der Waals surface area contributed by atoms with Gasteiger partial charge in [-0.15, -0.1) is 11.3 Å². The Labute approximate surface area is 184 Å². The summed E-state index contributed by atoms with van der Waals surface area (Å²) in [5.41, 5.74) is 3.67. The maximum absolute atomic E-state index is 12.9. The number of hydrogen-bond acceptors (Lipinski definition) is 6. The van der Waals surface area contributed by atoms with E-state index >= 15 is 0 Å². The van der Waals surface area contributed by atoms with Gasteiger partial charge < -0.3 is 10.2 Å². The molecule has 3 aromatic heterocycles. The molecule has 0 aliphatic carbocycles. The van der Waals surface area contributed by atoms with Crippen LogP contribution in [0.5, 0.6) is 0 Å². The van der Waals surface area contributed by atoms with Crippen molar-refractivity contribution in [3.05, 3.63) is 77.7 Å². The third kappa shape index (κ3) is 4.23. The summed E-state index contributed by atoms with van der Waals surface area (Å²) in [6, 6.07) is 11.6. The number of nitrogens with one attached hydrogen (secondary N) is 1. The minimum atomic E-state index is -0.194. The lowest BCUT2D eigenvalue weighted by molar-refractivity contribution is 0.102. The van der Waals surface area contributed by atoms with Crippen molar-refractivity contribution in [2.45, 2.75) is 6.42 Å². The zero-order valence-corrected chi connectivity index (χ0v) is 17.9. The molecule has 5 rings (SSSR count). The van der Waals surface area contributed by atoms with Crippen LogP contribution in [0.1, 0.15) is 22.5 Å². The first kappa shape index (κ1) is 19.5. The summed E-state index contributed by atoms with van der Waals surface area (Å²) in [5.74, 6) is 0.325. The van der Waals surface area contributed by atoms with E-state index in [1.807, 2.05) is 29.6 Å². The number of nitrogens with zero attached hydrogens (tertiary/aromatic N) is 4. The predicted octanol–water partition coefficient (Wildman–Crippen LogP) is 4.72. The van der Waals surface area contributed by atoms with Crippen molar-refractivity contribution in [2.24, 2.45) is 0 Å². The first-order valence-corrected chi connectivity index (χ1v) is 11.0. The lowest BCUT2D eigenvalue weighted by Gasteiger charge is -2.21. The molecule has 0 fully saturated rings. The second-order valence-electron chi connectivity index (χ2n) is 7.59. The second-order valence-corrected chi connectivity index (χ2v) is 8.49. The van der Waals surface area contributed by atoms with E-state index in [-0.39, 0.29) is 5.91 Å². The SMILES string of the molecule is CN1CC=C(c2cc(C(=O)Nc3cc4cc(-c5nccs5)ccc4cn3)ccn2)CC1. The molecular weight excluding hydrogens is 406 g/mol. The Morgan fingerprint density at radius 1 is 1.06 bits per heavy atom. The molecule has 0 saturated heterocycles. The molecule has 0 spiro atoms. The lowest BCUT2D eigenvalue weighted by Crippen LogP contribution is -2.24. The molecule has 1 aliphatic rings. The van der Waals surface area contributed by atoms with Crippen LogP contribution >= 0.6 is 11.3 Å². The quantitative estimate of drug-likeness (QED) is 0.510. The van der Waals surface area contributed by atoms with E-state index in [0.29, 0.717) is 11.4 Å². The fourth-order valence-electron chi connectivity index (χ4n) is 3.65. The van der Waals surface area contributed by atoms with E-state index in [1.165, 1.54) is 5.57 Å². The molecule has 0 radical (unpaired) electrons. The van der Waals surface area contributed by atoms with Gasteiger partial charge in [0, 0.05) is 53.6 Å². The summed E-state index contributed by atoms with van der Waals surface area (Å²) >= 11 is 1.60. The second kappa shape index (κ2) is 8.37. The summed E-state index contributed by atoms with van der Waals surface area (Å²) in [5, 5.41) is 7.87. The van der Waals surface area contributed by atoms with Crippen LogP contribution in [0.3, 0.4) is 0 Å². The summed E-state index contributed by atoms with van der Waals surface area (Å²) < 4.78 is 0. The zero-order valence-electron chi connectivity index (χ0n) is 17.1. The normalized spacial score (nSPS) is 14.4. The largest absolute Gasteiger partial charge is 0.307 e. The molecule has 0 bridgehead atoms. The Kier molecular flexibility index (Phi) is 5.28. The number of pyridine rings is 2. The number of amides is 1. The Bertz CT molecular complexity index is 1280. The molecule has 0 saturated carbocycles. The van der Waals surface area contributed by atoms with Crippen molar-refractivity contribution in [1.29, 1.82) is 0 Å². The van der Waals surface area contributed by atoms with Gasteiger partial charge in [0.2, 0.25) is 0 Å². The average Bonchev–Trinajstić information content (AvgIpc) is 3.34. The van der Waals surface area contributed by atoms with Gasteiger partial charge in [0.05, 0.1) is 5.69 Å². The smallest absolute Gasteiger partial charge is 0.256 e. The highest BCUT2D eigenvalue weighted by atomic mass is 32.1. The van der Waals surface area contributed by atoms with Crippen LogP contribution in [0.4, 0.5) is 5.82 Å². The van der Waals surface area contributed by atoms with Crippen molar-refractivity contribution in [3.8, 4) is 10.6 Å². The van der Waals surface area contributed by atoms with E-state index < -0.39 is 0 Å². The number of hydrogen-bond donors (Lipinski definition) is 1. The molecule has 4 heterocycles. The molecular formula is C24H21N5OS. The van der Waals surface area contributed by atoms with E-state index in [2.05, 4.69) is 44.4 Å². The number of benzene rings is 1. The van der Waals surface area contributed by atoms with Crippen LogP contribution in [0.25, 0.3) is 26.9 Å². The molecule has 1 N–H and O–H groups in total. The van der Waals surface area contributed by atoms with E-state index in [9.17, 15) is 4.79 Å². The van der Waals surface area contributed by atoms with Crippen molar-refractivity contribution < 1.29 is 4.79 Å². The highest BCUT2D eigenvalue weighted by Crippen LogP contribution is 2.27. The maximum Gasteiger partial charge on any atom is 0.256 e. The summed E-state index contributed by atoms with van der Waals surface area (Å²) in [7, 11) is 2.10. The van der Waals surface area contributed by atoms with Crippen LogP contribution in [0.2, 0.25) is 0 Å². The molecule has 6 nitrogen and oxygen atoms in total. The van der Waals surface area contributed by atoms with Crippen LogP contribution in [0, 0.1) is 0 Å². The van der Waals surface area contributed by atoms with Crippen molar-refractivity contribution >= 4 is 39.4 Å². The molecule has 1 amide bonds. The maximum atomic E-state index is 12.9. The minimum absolute atomic E-state index is 0.194. The molecule has 0 unspecified atom stereocenters. The predicted molar refractivity (Wildman–Crippen MR) is 125 cm³/mol. The fourth-order valence-corrected chi connectivity index (χ4v) is 4.28. The first-order valence-electron chi connectivity index (χ1n) is 10.1. The van der Waals surface area contributed by atoms with Crippen LogP contribution in [-0.4, -0.2) is 45.9 Å². The van der Waals surface area contributed by atoms with Gasteiger partial charge in [0.25, 0.3) is 5.91 Å². The molecule has 0 atom stereocenters. The molecule has 154 valence electrons. The topological polar surface area (TPSA) is 71.0 Å². The number of likely N-dealkylation sites (N-methyl/N-ethyl adjacent to an activating group) is 1. The van der Waals surface area contributed by atoms with Gasteiger partial charge in [-0.2, -0.15) is 0 Å². The standard InChI is InChI=1S/C24H21N5OS/c1-29-9-5-16(6-10-29)21-13-17(4-7-25-21)23(30)28-22-14-20-12-18(24-26-8-11-31-24)2-3-19(20)15-27-22/h2-5,7-8,11-15H,6,9-10H2,1H3,(H,27,28,30). The van der Waals surface area contributed by atoms with Gasteiger partial charge in [-0.3, -0.25) is 9.78 Å². The fraction of sp³-hybridized carbons (Fsp3) is 0.167. The van der Waals surface area contributed by atoms with Crippen molar-refractivity contribution in [2.75, 3.05) is 25.5 Å². The highest BCUT2D eigenvalue weighted by molar-refractivity contribution is 7.13. The number of carbonyl (C=O) groups is 1. The summed E-state index contributed by atoms with van der Waals surface area (Å²) in [6.45, 7) is 1.89. The molecule has 31 heavy (non-hydrogen) atoms. The Balaban J connectivity index is 1.38. The Hall–Kier alpha value is -3.42. The Morgan fingerprint density at radius 3 is 2.81 bits per heavy atom. The van der Waals surface area contributed by atoms with Gasteiger partial charge >= 0.3 is 0 Å². The van der Waals surface area contributed by atoms with Gasteiger partial charge in [0.1, 0.15) is 10.8 Å². The highest BCUT2D eigenvalue weighted by Gasteiger charge is 2.14. The van der Waals surface area contributed by atoms with Crippen LogP contribution in [0.15, 0.2) is 66.4 Å². The van der Waals surface area contributed by atoms with Crippen molar-refractivity contribution in [1.82, 2.24) is 19.9 Å². The molecule has 1 aromatic carbocycles. The lowest BCUT2D eigenvalue weighted by atomic mass is 10.0. The number of anilines is 1. The first-order chi connectivity index (χ1) is 15.2. The zero-order chi connectivity index (χ0) is 21.2. The third-order valence-electron chi connectivity index (χ3n) is 5.41. The van der Waals surface area contributed by atoms with Gasteiger partial charge in [-0.25, -0.2) is 9.97 Å².